The van der Waals surface area contributed by atoms with Gasteiger partial charge in [-0.25, -0.2) is 0 Å². The van der Waals surface area contributed by atoms with Crippen LogP contribution in [-0.2, 0) is 14.9 Å². The number of methoxy groups -OCH3 is 2. The fraction of sp³-hybridized carbons (Fsp3) is 0.519. The monoisotopic (exact) mass is 421 g/mol. The van der Waals surface area contributed by atoms with E-state index >= 15 is 0 Å². The molecule has 3 fully saturated rings. The van der Waals surface area contributed by atoms with Crippen LogP contribution >= 0.6 is 0 Å². The number of carbonyl (C=O) groups is 1. The average Bonchev–Trinajstić information content (AvgIpc) is 2.84. The molecule has 166 valence electrons. The predicted molar refractivity (Wildman–Crippen MR) is 125 cm³/mol. The Bertz CT molecular complexity index is 880. The van der Waals surface area contributed by atoms with Crippen LogP contribution in [0.3, 0.4) is 0 Å². The van der Waals surface area contributed by atoms with Crippen molar-refractivity contribution < 1.29 is 14.3 Å². The van der Waals surface area contributed by atoms with Gasteiger partial charge in [0.2, 0.25) is 0 Å². The molecule has 1 atom stereocenters. The lowest BCUT2D eigenvalue weighted by molar-refractivity contribution is -0.140. The van der Waals surface area contributed by atoms with Crippen molar-refractivity contribution >= 4 is 11.7 Å². The lowest BCUT2D eigenvalue weighted by Crippen LogP contribution is -2.47. The van der Waals surface area contributed by atoms with Crippen LogP contribution in [-0.4, -0.2) is 26.7 Å². The summed E-state index contributed by atoms with van der Waals surface area (Å²) in [4.78, 5) is 11.6. The Morgan fingerprint density at radius 3 is 2.29 bits per heavy atom. The maximum absolute atomic E-state index is 11.6. The topological polar surface area (TPSA) is 47.6 Å². The Morgan fingerprint density at radius 1 is 1.00 bits per heavy atom. The first-order valence-corrected chi connectivity index (χ1v) is 11.5. The SMILES string of the molecule is COC(=O)CC(C)c1cccc(NCC23CCC(c4ccc(OC)cc4)(CC2)CC3)c1. The molecule has 5 rings (SSSR count). The Hall–Kier alpha value is -2.49. The van der Waals surface area contributed by atoms with Crippen molar-refractivity contribution in [3.63, 3.8) is 0 Å². The van der Waals surface area contributed by atoms with Crippen LogP contribution in [0.1, 0.15) is 68.9 Å². The van der Waals surface area contributed by atoms with E-state index in [9.17, 15) is 4.79 Å². The molecule has 2 aromatic rings. The third-order valence-electron chi connectivity index (χ3n) is 7.93. The molecular formula is C27H35NO3. The van der Waals surface area contributed by atoms with Crippen LogP contribution in [0.4, 0.5) is 5.69 Å². The highest BCUT2D eigenvalue weighted by molar-refractivity contribution is 5.70. The molecule has 4 heteroatoms. The van der Waals surface area contributed by atoms with Crippen molar-refractivity contribution in [1.82, 2.24) is 0 Å². The molecule has 0 amide bonds. The van der Waals surface area contributed by atoms with Crippen molar-refractivity contribution in [3.8, 4) is 5.75 Å². The molecule has 2 aromatic carbocycles. The van der Waals surface area contributed by atoms with E-state index in [1.54, 1.807) is 7.11 Å². The highest BCUT2D eigenvalue weighted by Crippen LogP contribution is 2.57. The second-order valence-corrected chi connectivity index (χ2v) is 9.67. The van der Waals surface area contributed by atoms with Gasteiger partial charge in [0, 0.05) is 12.2 Å². The lowest BCUT2D eigenvalue weighted by Gasteiger charge is -2.54. The van der Waals surface area contributed by atoms with Crippen LogP contribution in [0.2, 0.25) is 0 Å². The Labute approximate surface area is 186 Å². The Kier molecular flexibility index (Phi) is 6.27. The zero-order valence-corrected chi connectivity index (χ0v) is 19.1. The van der Waals surface area contributed by atoms with Crippen molar-refractivity contribution in [1.29, 1.82) is 0 Å². The van der Waals surface area contributed by atoms with E-state index < -0.39 is 0 Å². The number of hydrogen-bond donors (Lipinski definition) is 1. The molecular weight excluding hydrogens is 386 g/mol. The van der Waals surface area contributed by atoms with Gasteiger partial charge in [-0.05, 0) is 90.7 Å². The van der Waals surface area contributed by atoms with Gasteiger partial charge in [0.25, 0.3) is 0 Å². The van der Waals surface area contributed by atoms with Crippen LogP contribution in [0.15, 0.2) is 48.5 Å². The summed E-state index contributed by atoms with van der Waals surface area (Å²) < 4.78 is 10.2. The van der Waals surface area contributed by atoms with E-state index in [0.717, 1.165) is 18.0 Å². The summed E-state index contributed by atoms with van der Waals surface area (Å²) in [7, 11) is 3.18. The summed E-state index contributed by atoms with van der Waals surface area (Å²) >= 11 is 0. The third kappa shape index (κ3) is 4.58. The van der Waals surface area contributed by atoms with E-state index in [2.05, 4.69) is 60.8 Å². The zero-order valence-electron chi connectivity index (χ0n) is 19.1. The second-order valence-electron chi connectivity index (χ2n) is 9.67. The van der Waals surface area contributed by atoms with Gasteiger partial charge in [-0.2, -0.15) is 0 Å². The van der Waals surface area contributed by atoms with Gasteiger partial charge in [-0.3, -0.25) is 4.79 Å². The highest BCUT2D eigenvalue weighted by Gasteiger charge is 2.49. The molecule has 0 heterocycles. The fourth-order valence-electron chi connectivity index (χ4n) is 5.60. The van der Waals surface area contributed by atoms with E-state index in [0.29, 0.717) is 17.3 Å². The second kappa shape index (κ2) is 8.94. The summed E-state index contributed by atoms with van der Waals surface area (Å²) in [6.07, 6.45) is 8.09. The molecule has 0 saturated heterocycles. The van der Waals surface area contributed by atoms with Crippen molar-refractivity contribution in [2.45, 2.75) is 63.2 Å². The van der Waals surface area contributed by atoms with E-state index in [-0.39, 0.29) is 11.9 Å². The predicted octanol–water partition coefficient (Wildman–Crippen LogP) is 6.07. The minimum absolute atomic E-state index is 0.154. The van der Waals surface area contributed by atoms with Crippen LogP contribution in [0, 0.1) is 5.41 Å². The third-order valence-corrected chi connectivity index (χ3v) is 7.93. The number of rotatable bonds is 8. The average molecular weight is 422 g/mol. The molecule has 1 unspecified atom stereocenters. The summed E-state index contributed by atoms with van der Waals surface area (Å²) in [6, 6.07) is 17.3. The zero-order chi connectivity index (χ0) is 21.9. The first-order valence-electron chi connectivity index (χ1n) is 11.5. The number of fused-ring (bicyclic) bond motifs is 3. The van der Waals surface area contributed by atoms with Gasteiger partial charge >= 0.3 is 5.97 Å². The van der Waals surface area contributed by atoms with Gasteiger partial charge in [-0.15, -0.1) is 0 Å². The molecule has 31 heavy (non-hydrogen) atoms. The number of esters is 1. The molecule has 2 bridgehead atoms. The van der Waals surface area contributed by atoms with Gasteiger partial charge in [0.05, 0.1) is 20.6 Å². The van der Waals surface area contributed by atoms with Gasteiger partial charge in [0.15, 0.2) is 0 Å². The summed E-state index contributed by atoms with van der Waals surface area (Å²) in [6.45, 7) is 3.11. The minimum Gasteiger partial charge on any atom is -0.497 e. The van der Waals surface area contributed by atoms with E-state index in [1.165, 1.54) is 56.8 Å². The number of anilines is 1. The van der Waals surface area contributed by atoms with E-state index in [1.807, 2.05) is 0 Å². The smallest absolute Gasteiger partial charge is 0.306 e. The number of benzene rings is 2. The van der Waals surface area contributed by atoms with Crippen LogP contribution < -0.4 is 10.1 Å². The molecule has 1 N–H and O–H groups in total. The first kappa shape index (κ1) is 21.7. The van der Waals surface area contributed by atoms with Crippen molar-refractivity contribution in [2.75, 3.05) is 26.1 Å². The van der Waals surface area contributed by atoms with Crippen LogP contribution in [0.5, 0.6) is 5.75 Å². The Balaban J connectivity index is 1.37. The summed E-state index contributed by atoms with van der Waals surface area (Å²) in [5, 5.41) is 3.73. The molecule has 0 spiro atoms. The van der Waals surface area contributed by atoms with Crippen molar-refractivity contribution in [3.05, 3.63) is 59.7 Å². The molecule has 3 saturated carbocycles. The number of ether oxygens (including phenoxy) is 2. The lowest BCUT2D eigenvalue weighted by atomic mass is 9.52. The number of carbonyl (C=O) groups excluding carboxylic acids is 1. The fourth-order valence-corrected chi connectivity index (χ4v) is 5.60. The van der Waals surface area contributed by atoms with Gasteiger partial charge in [0.1, 0.15) is 5.75 Å². The molecule has 4 nitrogen and oxygen atoms in total. The van der Waals surface area contributed by atoms with Gasteiger partial charge in [-0.1, -0.05) is 31.2 Å². The molecule has 0 aromatic heterocycles. The first-order chi connectivity index (χ1) is 15.0. The van der Waals surface area contributed by atoms with Crippen LogP contribution in [0.25, 0.3) is 0 Å². The summed E-state index contributed by atoms with van der Waals surface area (Å²) in [5.74, 6) is 0.935. The maximum Gasteiger partial charge on any atom is 0.306 e. The molecule has 0 aliphatic heterocycles. The number of nitrogens with one attached hydrogen (secondary N) is 1. The Morgan fingerprint density at radius 2 is 1.68 bits per heavy atom. The molecule has 3 aliphatic rings. The standard InChI is InChI=1S/C27H35NO3/c1-20(17-25(29)31-3)21-5-4-6-23(18-21)28-19-26-11-14-27(15-12-26,16-13-26)22-7-9-24(30-2)10-8-22/h4-10,18,20,28H,11-17,19H2,1-3H3. The highest BCUT2D eigenvalue weighted by atomic mass is 16.5. The quantitative estimate of drug-likeness (QED) is 0.526. The molecule has 3 aliphatic carbocycles. The largest absolute Gasteiger partial charge is 0.497 e. The normalized spacial score (nSPS) is 25.6. The number of hydrogen-bond acceptors (Lipinski definition) is 4. The van der Waals surface area contributed by atoms with Crippen molar-refractivity contribution in [2.24, 2.45) is 5.41 Å². The molecule has 0 radical (unpaired) electrons. The summed E-state index contributed by atoms with van der Waals surface area (Å²) in [5.41, 5.74) is 4.58. The maximum atomic E-state index is 11.6. The van der Waals surface area contributed by atoms with E-state index in [4.69, 9.17) is 9.47 Å². The minimum atomic E-state index is -0.158. The van der Waals surface area contributed by atoms with Gasteiger partial charge < -0.3 is 14.8 Å².